The van der Waals surface area contributed by atoms with E-state index in [2.05, 4.69) is 17.7 Å². The molecular weight excluding hydrogens is 394 g/mol. The van der Waals surface area contributed by atoms with Gasteiger partial charge in [0, 0.05) is 49.5 Å². The Kier molecular flexibility index (Phi) is 6.23. The van der Waals surface area contributed by atoms with Gasteiger partial charge in [0.1, 0.15) is 6.61 Å². The number of hydrogen-bond donors (Lipinski definition) is 1. The number of aromatic nitrogens is 1. The molecule has 0 bridgehead atoms. The quantitative estimate of drug-likeness (QED) is 0.793. The number of primary amides is 1. The van der Waals surface area contributed by atoms with Crippen molar-refractivity contribution in [2.75, 3.05) is 26.9 Å². The van der Waals surface area contributed by atoms with Gasteiger partial charge in [0.05, 0.1) is 6.04 Å². The first-order chi connectivity index (χ1) is 14.9. The fraction of sp³-hybridized carbons (Fsp3) is 0.583. The topological polar surface area (TPSA) is 86.8 Å². The van der Waals surface area contributed by atoms with E-state index in [9.17, 15) is 9.59 Å². The van der Waals surface area contributed by atoms with Crippen LogP contribution in [0.15, 0.2) is 18.2 Å². The Balaban J connectivity index is 1.59. The van der Waals surface area contributed by atoms with E-state index in [4.69, 9.17) is 15.2 Å². The largest absolute Gasteiger partial charge is 0.448 e. The Morgan fingerprint density at radius 3 is 2.71 bits per heavy atom. The van der Waals surface area contributed by atoms with Crippen LogP contribution in [0.4, 0.5) is 4.79 Å². The van der Waals surface area contributed by atoms with Gasteiger partial charge >= 0.3 is 6.09 Å². The Morgan fingerprint density at radius 2 is 2.00 bits per heavy atom. The monoisotopic (exact) mass is 427 g/mol. The number of likely N-dealkylation sites (N-methyl/N-ethyl adjacent to an activating group) is 1. The third-order valence-corrected chi connectivity index (χ3v) is 7.28. The third kappa shape index (κ3) is 4.28. The van der Waals surface area contributed by atoms with Crippen LogP contribution in [0.1, 0.15) is 47.8 Å². The first-order valence-electron chi connectivity index (χ1n) is 11.2. The van der Waals surface area contributed by atoms with Crippen molar-refractivity contribution in [3.05, 3.63) is 35.0 Å². The highest BCUT2D eigenvalue weighted by atomic mass is 16.5. The molecule has 1 aliphatic heterocycles. The molecule has 1 aromatic heterocycles. The van der Waals surface area contributed by atoms with Crippen molar-refractivity contribution in [3.63, 3.8) is 0 Å². The fourth-order valence-electron chi connectivity index (χ4n) is 5.25. The second kappa shape index (κ2) is 8.91. The molecule has 0 radical (unpaired) electrons. The van der Waals surface area contributed by atoms with Crippen LogP contribution in [-0.2, 0) is 29.4 Å². The number of ether oxygens (including phenoxy) is 2. The van der Waals surface area contributed by atoms with Crippen molar-refractivity contribution in [2.24, 2.45) is 24.6 Å². The van der Waals surface area contributed by atoms with Crippen LogP contribution in [0.3, 0.4) is 0 Å². The van der Waals surface area contributed by atoms with Gasteiger partial charge in [-0.3, -0.25) is 4.79 Å². The molecule has 2 amide bonds. The van der Waals surface area contributed by atoms with Crippen LogP contribution in [0.2, 0.25) is 0 Å². The summed E-state index contributed by atoms with van der Waals surface area (Å²) in [7, 11) is 3.86. The van der Waals surface area contributed by atoms with Crippen LogP contribution in [-0.4, -0.2) is 54.4 Å². The molecule has 7 heteroatoms. The highest BCUT2D eigenvalue weighted by Crippen LogP contribution is 2.39. The van der Waals surface area contributed by atoms with Crippen LogP contribution in [0, 0.1) is 11.8 Å². The molecule has 0 spiro atoms. The van der Waals surface area contributed by atoms with Crippen molar-refractivity contribution >= 4 is 22.9 Å². The van der Waals surface area contributed by atoms with E-state index in [1.54, 1.807) is 11.9 Å². The highest BCUT2D eigenvalue weighted by molar-refractivity contribution is 5.99. The van der Waals surface area contributed by atoms with Crippen molar-refractivity contribution in [1.82, 2.24) is 9.47 Å². The summed E-state index contributed by atoms with van der Waals surface area (Å²) < 4.78 is 12.7. The Bertz CT molecular complexity index is 977. The van der Waals surface area contributed by atoms with Crippen LogP contribution in [0.25, 0.3) is 10.9 Å². The number of benzene rings is 1. The lowest BCUT2D eigenvalue weighted by Gasteiger charge is -2.33. The normalized spacial score (nSPS) is 20.3. The molecule has 31 heavy (non-hydrogen) atoms. The molecule has 7 nitrogen and oxygen atoms in total. The summed E-state index contributed by atoms with van der Waals surface area (Å²) in [5, 5.41) is 1.19. The van der Waals surface area contributed by atoms with Crippen LogP contribution >= 0.6 is 0 Å². The average Bonchev–Trinajstić information content (AvgIpc) is 3.08. The summed E-state index contributed by atoms with van der Waals surface area (Å²) in [5.74, 6) is 1.34. The van der Waals surface area contributed by atoms with E-state index in [1.807, 2.05) is 19.1 Å². The third-order valence-electron chi connectivity index (χ3n) is 7.28. The van der Waals surface area contributed by atoms with Gasteiger partial charge < -0.3 is 24.7 Å². The second-order valence-corrected chi connectivity index (χ2v) is 9.06. The maximum Gasteiger partial charge on any atom is 0.404 e. The maximum absolute atomic E-state index is 13.1. The summed E-state index contributed by atoms with van der Waals surface area (Å²) in [5.41, 5.74) is 9.69. The maximum atomic E-state index is 13.1. The van der Waals surface area contributed by atoms with Gasteiger partial charge in [-0.05, 0) is 74.6 Å². The Hall–Kier alpha value is -2.54. The number of carbonyl (C=O) groups is 2. The van der Waals surface area contributed by atoms with Gasteiger partial charge in [0.15, 0.2) is 0 Å². The summed E-state index contributed by atoms with van der Waals surface area (Å²) in [4.78, 5) is 25.6. The number of nitrogens with zero attached hydrogens (tertiary/aromatic N) is 2. The molecule has 168 valence electrons. The number of rotatable bonds is 5. The molecule has 2 aliphatic rings. The predicted molar refractivity (Wildman–Crippen MR) is 119 cm³/mol. The zero-order valence-electron chi connectivity index (χ0n) is 18.7. The molecule has 1 aromatic carbocycles. The number of fused-ring (bicyclic) bond motifs is 3. The molecular formula is C24H33N3O4. The van der Waals surface area contributed by atoms with Crippen LogP contribution in [0.5, 0.6) is 0 Å². The Morgan fingerprint density at radius 1 is 1.26 bits per heavy atom. The van der Waals surface area contributed by atoms with Gasteiger partial charge in [0.25, 0.3) is 5.91 Å². The van der Waals surface area contributed by atoms with Gasteiger partial charge in [-0.25, -0.2) is 4.79 Å². The zero-order chi connectivity index (χ0) is 22.1. The SMILES string of the molecule is CC(COC(N)=O)N(C)C(=O)c1ccc2c(c1)c1c(n2C)CCC(C2CCOCC2)C1. The van der Waals surface area contributed by atoms with Crippen molar-refractivity contribution in [1.29, 1.82) is 0 Å². The number of amides is 2. The molecule has 2 heterocycles. The zero-order valence-corrected chi connectivity index (χ0v) is 18.7. The van der Waals surface area contributed by atoms with Crippen molar-refractivity contribution < 1.29 is 19.1 Å². The Labute approximate surface area is 183 Å². The minimum Gasteiger partial charge on any atom is -0.448 e. The average molecular weight is 428 g/mol. The summed E-state index contributed by atoms with van der Waals surface area (Å²) in [6.45, 7) is 3.67. The molecule has 1 fully saturated rings. The molecule has 2 atom stereocenters. The predicted octanol–water partition coefficient (Wildman–Crippen LogP) is 3.27. The highest BCUT2D eigenvalue weighted by Gasteiger charge is 2.31. The summed E-state index contributed by atoms with van der Waals surface area (Å²) >= 11 is 0. The van der Waals surface area contributed by atoms with Gasteiger partial charge in [-0.1, -0.05) is 0 Å². The molecule has 2 unspecified atom stereocenters. The first kappa shape index (κ1) is 21.7. The molecule has 0 saturated carbocycles. The number of aryl methyl sites for hydroxylation is 1. The smallest absolute Gasteiger partial charge is 0.404 e. The van der Waals surface area contributed by atoms with E-state index in [-0.39, 0.29) is 18.6 Å². The molecule has 1 saturated heterocycles. The van der Waals surface area contributed by atoms with E-state index in [0.29, 0.717) is 11.5 Å². The lowest BCUT2D eigenvalue weighted by atomic mass is 9.75. The number of nitrogens with two attached hydrogens (primary N) is 1. The van der Waals surface area contributed by atoms with Gasteiger partial charge in [-0.2, -0.15) is 0 Å². The first-order valence-corrected chi connectivity index (χ1v) is 11.2. The van der Waals surface area contributed by atoms with E-state index < -0.39 is 6.09 Å². The number of carbonyl (C=O) groups excluding carboxylic acids is 2. The molecule has 1 aliphatic carbocycles. The van der Waals surface area contributed by atoms with Crippen molar-refractivity contribution in [2.45, 2.75) is 45.1 Å². The number of hydrogen-bond acceptors (Lipinski definition) is 4. The van der Waals surface area contributed by atoms with E-state index >= 15 is 0 Å². The molecule has 4 rings (SSSR count). The van der Waals surface area contributed by atoms with Gasteiger partial charge in [-0.15, -0.1) is 0 Å². The summed E-state index contributed by atoms with van der Waals surface area (Å²) in [6, 6.07) is 5.73. The standard InChI is InChI=1S/C24H33N3O4/c1-15(14-31-24(25)29)26(2)23(28)18-5-7-22-20(13-18)19-12-17(4-6-21(19)27(22)3)16-8-10-30-11-9-16/h5,7,13,15-17H,4,6,8-12,14H2,1-3H3,(H2,25,29). The van der Waals surface area contributed by atoms with Gasteiger partial charge in [0.2, 0.25) is 0 Å². The molecule has 2 aromatic rings. The second-order valence-electron chi connectivity index (χ2n) is 9.06. The lowest BCUT2D eigenvalue weighted by molar-refractivity contribution is 0.0439. The van der Waals surface area contributed by atoms with E-state index in [1.165, 1.54) is 28.6 Å². The fourth-order valence-corrected chi connectivity index (χ4v) is 5.25. The van der Waals surface area contributed by atoms with Crippen LogP contribution < -0.4 is 5.73 Å². The minimum atomic E-state index is -0.830. The lowest BCUT2D eigenvalue weighted by Crippen LogP contribution is -2.39. The minimum absolute atomic E-state index is 0.0767. The molecule has 2 N–H and O–H groups in total. The van der Waals surface area contributed by atoms with Crippen molar-refractivity contribution in [3.8, 4) is 0 Å². The summed E-state index contributed by atoms with van der Waals surface area (Å²) in [6.07, 6.45) is 4.88. The van der Waals surface area contributed by atoms with E-state index in [0.717, 1.165) is 44.8 Å².